The molecule has 0 spiro atoms. The minimum absolute atomic E-state index is 0.279. The summed E-state index contributed by atoms with van der Waals surface area (Å²) in [6, 6.07) is 8.15. The molecule has 0 unspecified atom stereocenters. The van der Waals surface area contributed by atoms with Crippen molar-refractivity contribution in [2.75, 3.05) is 5.32 Å². The molecule has 4 nitrogen and oxygen atoms in total. The molecule has 7 heteroatoms. The summed E-state index contributed by atoms with van der Waals surface area (Å²) in [5, 5.41) is 13.4. The highest BCUT2D eigenvalue weighted by Crippen LogP contribution is 2.22. The lowest BCUT2D eigenvalue weighted by Crippen LogP contribution is -2.01. The van der Waals surface area contributed by atoms with Crippen LogP contribution in [0.2, 0.25) is 0 Å². The van der Waals surface area contributed by atoms with E-state index in [1.165, 1.54) is 12.1 Å². The number of rotatable bonds is 4. The monoisotopic (exact) mass is 342 g/mol. The third-order valence-corrected chi connectivity index (χ3v) is 3.27. The third-order valence-electron chi connectivity index (χ3n) is 2.63. The smallest absolute Gasteiger partial charge is 0.304 e. The molecule has 2 aromatic carbocycles. The van der Waals surface area contributed by atoms with Gasteiger partial charge in [-0.05, 0) is 39.7 Å². The summed E-state index contributed by atoms with van der Waals surface area (Å²) in [5.41, 5.74) is 0.478. The van der Waals surface area contributed by atoms with Gasteiger partial charge in [0.05, 0.1) is 9.40 Å². The van der Waals surface area contributed by atoms with Crippen molar-refractivity contribution in [1.29, 1.82) is 0 Å². The Labute approximate surface area is 121 Å². The molecule has 0 fully saturated rings. The molecule has 0 aliphatic carbocycles. The van der Waals surface area contributed by atoms with Crippen molar-refractivity contribution >= 4 is 27.3 Å². The van der Waals surface area contributed by atoms with Gasteiger partial charge in [-0.15, -0.1) is 0 Å². The molecule has 1 N–H and O–H groups in total. The largest absolute Gasteiger partial charge is 0.381 e. The van der Waals surface area contributed by atoms with Gasteiger partial charge in [-0.25, -0.2) is 4.39 Å². The van der Waals surface area contributed by atoms with Crippen LogP contribution < -0.4 is 5.32 Å². The highest BCUT2D eigenvalue weighted by Gasteiger charge is 2.13. The molecule has 0 aliphatic rings. The van der Waals surface area contributed by atoms with Crippen LogP contribution in [-0.2, 0) is 6.54 Å². The lowest BCUT2D eigenvalue weighted by atomic mass is 10.2. The minimum atomic E-state index is -0.915. The zero-order valence-electron chi connectivity index (χ0n) is 10.1. The summed E-state index contributed by atoms with van der Waals surface area (Å²) < 4.78 is 27.1. The molecule has 0 radical (unpaired) electrons. The van der Waals surface area contributed by atoms with Crippen LogP contribution in [0.4, 0.5) is 20.2 Å². The summed E-state index contributed by atoms with van der Waals surface area (Å²) in [5.74, 6) is -1.30. The van der Waals surface area contributed by atoms with Gasteiger partial charge in [0.25, 0.3) is 0 Å². The molecule has 20 heavy (non-hydrogen) atoms. The van der Waals surface area contributed by atoms with Crippen LogP contribution in [0.1, 0.15) is 5.56 Å². The van der Waals surface area contributed by atoms with Gasteiger partial charge in [0, 0.05) is 24.4 Å². The summed E-state index contributed by atoms with van der Waals surface area (Å²) in [6.45, 7) is 0.279. The molecule has 0 atom stereocenters. The Morgan fingerprint density at radius 2 is 1.90 bits per heavy atom. The number of hydrogen-bond acceptors (Lipinski definition) is 3. The minimum Gasteiger partial charge on any atom is -0.381 e. The fourth-order valence-corrected chi connectivity index (χ4v) is 1.87. The normalized spacial score (nSPS) is 10.3. The number of nitrogens with one attached hydrogen (secondary N) is 1. The Morgan fingerprint density at radius 1 is 1.15 bits per heavy atom. The van der Waals surface area contributed by atoms with Crippen molar-refractivity contribution in [2.24, 2.45) is 0 Å². The Morgan fingerprint density at radius 3 is 2.50 bits per heavy atom. The number of anilines is 1. The molecule has 0 bridgehead atoms. The second kappa shape index (κ2) is 5.96. The van der Waals surface area contributed by atoms with Crippen LogP contribution in [0.15, 0.2) is 40.9 Å². The average Bonchev–Trinajstić information content (AvgIpc) is 2.40. The van der Waals surface area contributed by atoms with E-state index in [0.717, 1.165) is 12.1 Å². The quantitative estimate of drug-likeness (QED) is 0.667. The number of hydrogen-bond donors (Lipinski definition) is 1. The van der Waals surface area contributed by atoms with E-state index in [9.17, 15) is 18.9 Å². The molecule has 0 amide bonds. The van der Waals surface area contributed by atoms with Gasteiger partial charge >= 0.3 is 5.69 Å². The van der Waals surface area contributed by atoms with E-state index in [1.54, 1.807) is 12.1 Å². The van der Waals surface area contributed by atoms with Crippen molar-refractivity contribution in [3.8, 4) is 0 Å². The van der Waals surface area contributed by atoms with Crippen LogP contribution in [0.3, 0.4) is 0 Å². The van der Waals surface area contributed by atoms with Crippen LogP contribution in [-0.4, -0.2) is 4.92 Å². The van der Waals surface area contributed by atoms with Gasteiger partial charge in [0.1, 0.15) is 5.82 Å². The summed E-state index contributed by atoms with van der Waals surface area (Å²) >= 11 is 3.05. The lowest BCUT2D eigenvalue weighted by Gasteiger charge is -2.07. The maximum atomic E-state index is 13.4. The molecule has 0 saturated carbocycles. The molecule has 2 aromatic rings. The van der Waals surface area contributed by atoms with Crippen LogP contribution in [0, 0.1) is 21.7 Å². The summed E-state index contributed by atoms with van der Waals surface area (Å²) in [7, 11) is 0. The SMILES string of the molecule is O=[N+]([O-])c1ccc(NCc2ccc(Br)c(F)c2)cc1F. The maximum absolute atomic E-state index is 13.4. The first-order valence-corrected chi connectivity index (χ1v) is 6.38. The molecule has 104 valence electrons. The number of nitro benzene ring substituents is 1. The first-order chi connectivity index (χ1) is 9.47. The number of benzene rings is 2. The predicted molar refractivity (Wildman–Crippen MR) is 74.5 cm³/mol. The fraction of sp³-hybridized carbons (Fsp3) is 0.0769. The molecule has 0 saturated heterocycles. The molecule has 0 aromatic heterocycles. The van der Waals surface area contributed by atoms with Crippen molar-refractivity contribution in [2.45, 2.75) is 6.54 Å². The molecular weight excluding hydrogens is 334 g/mol. The van der Waals surface area contributed by atoms with Crippen molar-refractivity contribution in [1.82, 2.24) is 0 Å². The van der Waals surface area contributed by atoms with Crippen molar-refractivity contribution in [3.63, 3.8) is 0 Å². The van der Waals surface area contributed by atoms with Gasteiger partial charge in [0.15, 0.2) is 0 Å². The van der Waals surface area contributed by atoms with Crippen LogP contribution in [0.5, 0.6) is 0 Å². The standard InChI is InChI=1S/C13H9BrF2N2O2/c14-10-3-1-8(5-11(10)15)7-17-9-2-4-13(18(19)20)12(16)6-9/h1-6,17H,7H2. The Hall–Kier alpha value is -2.02. The average molecular weight is 343 g/mol. The second-order valence-corrected chi connectivity index (χ2v) is 4.88. The van der Waals surface area contributed by atoms with Crippen molar-refractivity contribution in [3.05, 3.63) is 68.2 Å². The highest BCUT2D eigenvalue weighted by molar-refractivity contribution is 9.10. The molecular formula is C13H9BrF2N2O2. The molecule has 2 rings (SSSR count). The Bertz CT molecular complexity index is 665. The highest BCUT2D eigenvalue weighted by atomic mass is 79.9. The Kier molecular flexibility index (Phi) is 4.29. The summed E-state index contributed by atoms with van der Waals surface area (Å²) in [6.07, 6.45) is 0. The molecule has 0 heterocycles. The van der Waals surface area contributed by atoms with Crippen LogP contribution in [0.25, 0.3) is 0 Å². The zero-order valence-corrected chi connectivity index (χ0v) is 11.7. The summed E-state index contributed by atoms with van der Waals surface area (Å²) in [4.78, 5) is 9.69. The van der Waals surface area contributed by atoms with Crippen LogP contribution >= 0.6 is 15.9 Å². The van der Waals surface area contributed by atoms with E-state index in [2.05, 4.69) is 21.2 Å². The first kappa shape index (κ1) is 14.4. The van der Waals surface area contributed by atoms with Gasteiger partial charge in [-0.3, -0.25) is 10.1 Å². The third kappa shape index (κ3) is 3.30. The zero-order chi connectivity index (χ0) is 14.7. The number of nitro groups is 1. The topological polar surface area (TPSA) is 55.2 Å². The predicted octanol–water partition coefficient (Wildman–Crippen LogP) is 4.25. The number of nitrogens with zero attached hydrogens (tertiary/aromatic N) is 1. The van der Waals surface area contributed by atoms with E-state index < -0.39 is 16.4 Å². The van der Waals surface area contributed by atoms with E-state index in [0.29, 0.717) is 15.7 Å². The van der Waals surface area contributed by atoms with E-state index in [-0.39, 0.29) is 12.4 Å². The van der Waals surface area contributed by atoms with Gasteiger partial charge < -0.3 is 5.32 Å². The first-order valence-electron chi connectivity index (χ1n) is 5.59. The van der Waals surface area contributed by atoms with Gasteiger partial charge in [-0.1, -0.05) is 6.07 Å². The van der Waals surface area contributed by atoms with Gasteiger partial charge in [-0.2, -0.15) is 4.39 Å². The van der Waals surface area contributed by atoms with E-state index >= 15 is 0 Å². The second-order valence-electron chi connectivity index (χ2n) is 4.03. The molecule has 0 aliphatic heterocycles. The maximum Gasteiger partial charge on any atom is 0.304 e. The van der Waals surface area contributed by atoms with Gasteiger partial charge in [0.2, 0.25) is 5.82 Å². The fourth-order valence-electron chi connectivity index (χ4n) is 1.62. The Balaban J connectivity index is 2.09. The lowest BCUT2D eigenvalue weighted by molar-refractivity contribution is -0.387. The van der Waals surface area contributed by atoms with E-state index in [4.69, 9.17) is 0 Å². The number of halogens is 3. The van der Waals surface area contributed by atoms with E-state index in [1.807, 2.05) is 0 Å². The van der Waals surface area contributed by atoms with Crippen molar-refractivity contribution < 1.29 is 13.7 Å².